The maximum atomic E-state index is 12.0. The van der Waals surface area contributed by atoms with Gasteiger partial charge in [0, 0.05) is 0 Å². The van der Waals surface area contributed by atoms with E-state index in [1.807, 2.05) is 0 Å². The van der Waals surface area contributed by atoms with Crippen LogP contribution in [0.1, 0.15) is 5.69 Å². The molecule has 0 bridgehead atoms. The maximum absolute atomic E-state index is 12.0. The summed E-state index contributed by atoms with van der Waals surface area (Å²) in [5.41, 5.74) is -1.31. The fourth-order valence-corrected chi connectivity index (χ4v) is 0.710. The van der Waals surface area contributed by atoms with Gasteiger partial charge in [0.1, 0.15) is 5.75 Å². The van der Waals surface area contributed by atoms with Crippen molar-refractivity contribution in [1.82, 2.24) is 4.98 Å². The maximum Gasteiger partial charge on any atom is 0.417 e. The van der Waals surface area contributed by atoms with Crippen molar-refractivity contribution < 1.29 is 18.3 Å². The number of rotatable bonds is 1. The highest BCUT2D eigenvalue weighted by atomic mass is 19.4. The first-order chi connectivity index (χ1) is 5.91. The summed E-state index contributed by atoms with van der Waals surface area (Å²) >= 11 is 0. The second kappa shape index (κ2) is 3.08. The second-order valence-corrected chi connectivity index (χ2v) is 2.38. The Hall–Kier alpha value is -1.52. The molecule has 1 rings (SSSR count). The number of allylic oxidation sites excluding steroid dienone is 1. The van der Waals surface area contributed by atoms with Gasteiger partial charge in [0.2, 0.25) is 0 Å². The van der Waals surface area contributed by atoms with Crippen LogP contribution in [0.15, 0.2) is 24.9 Å². The first kappa shape index (κ1) is 9.57. The van der Waals surface area contributed by atoms with Crippen LogP contribution in [0.3, 0.4) is 0 Å². The van der Waals surface area contributed by atoms with Crippen molar-refractivity contribution in [3.05, 3.63) is 30.6 Å². The van der Waals surface area contributed by atoms with Crippen molar-refractivity contribution in [2.24, 2.45) is 0 Å². The lowest BCUT2D eigenvalue weighted by Crippen LogP contribution is -2.10. The van der Waals surface area contributed by atoms with Gasteiger partial charge in [0.25, 0.3) is 0 Å². The van der Waals surface area contributed by atoms with Gasteiger partial charge in [-0.15, -0.1) is 0 Å². The van der Waals surface area contributed by atoms with Crippen molar-refractivity contribution >= 4 is 5.57 Å². The zero-order valence-corrected chi connectivity index (χ0v) is 6.47. The van der Waals surface area contributed by atoms with Gasteiger partial charge in [-0.2, -0.15) is 13.2 Å². The molecular weight excluding hydrogens is 183 g/mol. The first-order valence-corrected chi connectivity index (χ1v) is 3.33. The summed E-state index contributed by atoms with van der Waals surface area (Å²) < 4.78 is 36.1. The predicted molar refractivity (Wildman–Crippen MR) is 41.0 cm³/mol. The number of aromatic hydroxyl groups is 1. The van der Waals surface area contributed by atoms with E-state index in [2.05, 4.69) is 11.6 Å². The fourth-order valence-electron chi connectivity index (χ4n) is 0.710. The third kappa shape index (κ3) is 2.21. The minimum atomic E-state index is -4.48. The minimum absolute atomic E-state index is 0.182. The Balaban J connectivity index is 2.97. The van der Waals surface area contributed by atoms with Gasteiger partial charge >= 0.3 is 6.18 Å². The SMILES string of the molecule is C=C(c1ccc(O)cn1)C(F)(F)F. The Morgan fingerprint density at radius 1 is 1.38 bits per heavy atom. The number of pyridine rings is 1. The van der Waals surface area contributed by atoms with Crippen molar-refractivity contribution in [2.75, 3.05) is 0 Å². The number of hydrogen-bond donors (Lipinski definition) is 1. The molecule has 0 fully saturated rings. The molecule has 0 aliphatic rings. The van der Waals surface area contributed by atoms with E-state index in [4.69, 9.17) is 5.11 Å². The molecule has 0 aliphatic carbocycles. The molecule has 0 unspecified atom stereocenters. The average molecular weight is 189 g/mol. The van der Waals surface area contributed by atoms with Gasteiger partial charge in [0.15, 0.2) is 0 Å². The summed E-state index contributed by atoms with van der Waals surface area (Å²) in [6.07, 6.45) is -3.55. The molecule has 0 saturated carbocycles. The lowest BCUT2D eigenvalue weighted by Gasteiger charge is -2.08. The van der Waals surface area contributed by atoms with Crippen LogP contribution in [0.5, 0.6) is 5.75 Å². The summed E-state index contributed by atoms with van der Waals surface area (Å²) in [4.78, 5) is 3.38. The third-order valence-corrected chi connectivity index (χ3v) is 1.40. The lowest BCUT2D eigenvalue weighted by atomic mass is 10.2. The molecule has 0 amide bonds. The fraction of sp³-hybridized carbons (Fsp3) is 0.125. The first-order valence-electron chi connectivity index (χ1n) is 3.33. The van der Waals surface area contributed by atoms with Crippen molar-refractivity contribution in [1.29, 1.82) is 0 Å². The normalized spacial score (nSPS) is 11.3. The van der Waals surface area contributed by atoms with Gasteiger partial charge in [-0.1, -0.05) is 6.58 Å². The molecule has 0 saturated heterocycles. The Labute approximate surface area is 72.3 Å². The van der Waals surface area contributed by atoms with Crippen LogP contribution < -0.4 is 0 Å². The van der Waals surface area contributed by atoms with E-state index < -0.39 is 11.7 Å². The molecule has 13 heavy (non-hydrogen) atoms. The summed E-state index contributed by atoms with van der Waals surface area (Å²) in [5, 5.41) is 8.77. The monoisotopic (exact) mass is 189 g/mol. The smallest absolute Gasteiger partial charge is 0.417 e. The third-order valence-electron chi connectivity index (χ3n) is 1.40. The van der Waals surface area contributed by atoms with Gasteiger partial charge in [-0.05, 0) is 12.1 Å². The van der Waals surface area contributed by atoms with Gasteiger partial charge in [-0.3, -0.25) is 4.98 Å². The molecule has 0 aromatic carbocycles. The molecule has 0 aliphatic heterocycles. The standard InChI is InChI=1S/C8H6F3NO/c1-5(8(9,10)11)7-3-2-6(13)4-12-7/h2-4,13H,1H2. The highest BCUT2D eigenvalue weighted by molar-refractivity contribution is 5.64. The van der Waals surface area contributed by atoms with Crippen LogP contribution in [0.2, 0.25) is 0 Å². The highest BCUT2D eigenvalue weighted by Crippen LogP contribution is 2.31. The molecule has 1 heterocycles. The Kier molecular flexibility index (Phi) is 2.27. The Morgan fingerprint density at radius 3 is 2.38 bits per heavy atom. The molecular formula is C8H6F3NO. The molecule has 0 radical (unpaired) electrons. The molecule has 70 valence electrons. The van der Waals surface area contributed by atoms with Gasteiger partial charge in [-0.25, -0.2) is 0 Å². The van der Waals surface area contributed by atoms with Crippen LogP contribution in [-0.4, -0.2) is 16.3 Å². The van der Waals surface area contributed by atoms with Crippen LogP contribution in [0, 0.1) is 0 Å². The Bertz CT molecular complexity index is 315. The van der Waals surface area contributed by atoms with E-state index in [0.717, 1.165) is 18.3 Å². The zero-order chi connectivity index (χ0) is 10.1. The van der Waals surface area contributed by atoms with E-state index in [1.165, 1.54) is 0 Å². The van der Waals surface area contributed by atoms with E-state index in [1.54, 1.807) is 0 Å². The van der Waals surface area contributed by atoms with Crippen LogP contribution in [0.4, 0.5) is 13.2 Å². The minimum Gasteiger partial charge on any atom is -0.506 e. The molecule has 2 nitrogen and oxygen atoms in total. The van der Waals surface area contributed by atoms with Gasteiger partial charge < -0.3 is 5.11 Å². The highest BCUT2D eigenvalue weighted by Gasteiger charge is 2.33. The number of hydrogen-bond acceptors (Lipinski definition) is 2. The summed E-state index contributed by atoms with van der Waals surface area (Å²) in [7, 11) is 0. The van der Waals surface area contributed by atoms with Crippen molar-refractivity contribution in [3.8, 4) is 5.75 Å². The second-order valence-electron chi connectivity index (χ2n) is 2.38. The molecule has 1 aromatic rings. The topological polar surface area (TPSA) is 33.1 Å². The van der Waals surface area contributed by atoms with Crippen LogP contribution in [-0.2, 0) is 0 Å². The van der Waals surface area contributed by atoms with E-state index in [9.17, 15) is 13.2 Å². The van der Waals surface area contributed by atoms with E-state index in [-0.39, 0.29) is 11.4 Å². The van der Waals surface area contributed by atoms with Crippen molar-refractivity contribution in [2.45, 2.75) is 6.18 Å². The summed E-state index contributed by atoms with van der Waals surface area (Å²) in [6, 6.07) is 2.18. The largest absolute Gasteiger partial charge is 0.506 e. The summed E-state index contributed by atoms with van der Waals surface area (Å²) in [6.45, 7) is 2.86. The molecule has 0 atom stereocenters. The molecule has 1 N–H and O–H groups in total. The van der Waals surface area contributed by atoms with Gasteiger partial charge in [0.05, 0.1) is 17.5 Å². The average Bonchev–Trinajstić information content (AvgIpc) is 2.03. The van der Waals surface area contributed by atoms with Crippen LogP contribution >= 0.6 is 0 Å². The Morgan fingerprint density at radius 2 is 2.00 bits per heavy atom. The number of halogens is 3. The summed E-state index contributed by atoms with van der Waals surface area (Å²) in [5.74, 6) is -0.182. The zero-order valence-electron chi connectivity index (χ0n) is 6.47. The van der Waals surface area contributed by atoms with Crippen LogP contribution in [0.25, 0.3) is 5.57 Å². The van der Waals surface area contributed by atoms with E-state index >= 15 is 0 Å². The molecule has 0 spiro atoms. The number of nitrogens with zero attached hydrogens (tertiary/aromatic N) is 1. The quantitative estimate of drug-likeness (QED) is 0.735. The molecule has 1 aromatic heterocycles. The predicted octanol–water partition coefficient (Wildman–Crippen LogP) is 2.36. The number of aromatic nitrogens is 1. The molecule has 5 heteroatoms. The van der Waals surface area contributed by atoms with Crippen molar-refractivity contribution in [3.63, 3.8) is 0 Å². The number of alkyl halides is 3. The van der Waals surface area contributed by atoms with E-state index in [0.29, 0.717) is 0 Å². The lowest BCUT2D eigenvalue weighted by molar-refractivity contribution is -0.0689.